The average molecular weight is 293 g/mol. The van der Waals surface area contributed by atoms with E-state index in [1.807, 2.05) is 38.1 Å². The highest BCUT2D eigenvalue weighted by Crippen LogP contribution is 2.27. The van der Waals surface area contributed by atoms with Crippen molar-refractivity contribution in [2.75, 3.05) is 12.3 Å². The van der Waals surface area contributed by atoms with Gasteiger partial charge < -0.3 is 10.0 Å². The van der Waals surface area contributed by atoms with Crippen LogP contribution < -0.4 is 0 Å². The van der Waals surface area contributed by atoms with Crippen molar-refractivity contribution in [1.29, 1.82) is 0 Å². The Morgan fingerprint density at radius 1 is 1.40 bits per heavy atom. The first-order valence-corrected chi connectivity index (χ1v) is 7.70. The molecular weight excluding hydrogens is 274 g/mol. The van der Waals surface area contributed by atoms with E-state index in [0.717, 1.165) is 16.9 Å². The van der Waals surface area contributed by atoms with Crippen molar-refractivity contribution in [2.24, 2.45) is 5.92 Å². The van der Waals surface area contributed by atoms with Crippen molar-refractivity contribution < 1.29 is 14.7 Å². The van der Waals surface area contributed by atoms with Gasteiger partial charge in [-0.15, -0.1) is 11.8 Å². The molecule has 108 valence electrons. The van der Waals surface area contributed by atoms with E-state index in [9.17, 15) is 14.7 Å². The maximum atomic E-state index is 12.2. The standard InChI is InChI=1S/C15H19NO3S/c1-10-5-3-4-6-12(10)20-9-13(17)16-8-7-11(2)14(16)15(18)19/h3-6,11,14H,7-9H2,1-2H3,(H,18,19). The molecule has 0 bridgehead atoms. The molecule has 1 amide bonds. The predicted molar refractivity (Wildman–Crippen MR) is 78.8 cm³/mol. The van der Waals surface area contributed by atoms with E-state index in [2.05, 4.69) is 0 Å². The van der Waals surface area contributed by atoms with Crippen LogP contribution in [0.25, 0.3) is 0 Å². The highest BCUT2D eigenvalue weighted by molar-refractivity contribution is 8.00. The molecule has 2 unspecified atom stereocenters. The first-order chi connectivity index (χ1) is 9.50. The van der Waals surface area contributed by atoms with Crippen LogP contribution in [0.15, 0.2) is 29.2 Å². The molecular formula is C15H19NO3S. The zero-order valence-electron chi connectivity index (χ0n) is 11.7. The topological polar surface area (TPSA) is 57.6 Å². The minimum atomic E-state index is -0.899. The number of carbonyl (C=O) groups is 2. The Balaban J connectivity index is 1.99. The van der Waals surface area contributed by atoms with Crippen LogP contribution in [0.2, 0.25) is 0 Å². The van der Waals surface area contributed by atoms with E-state index in [0.29, 0.717) is 12.3 Å². The first kappa shape index (κ1) is 14.9. The van der Waals surface area contributed by atoms with Gasteiger partial charge in [-0.1, -0.05) is 25.1 Å². The van der Waals surface area contributed by atoms with Crippen LogP contribution in [0.4, 0.5) is 0 Å². The number of carbonyl (C=O) groups excluding carboxylic acids is 1. The molecule has 1 aliphatic rings. The van der Waals surface area contributed by atoms with E-state index in [1.165, 1.54) is 16.7 Å². The zero-order chi connectivity index (χ0) is 14.7. The number of benzene rings is 1. The van der Waals surface area contributed by atoms with Crippen molar-refractivity contribution in [3.8, 4) is 0 Å². The van der Waals surface area contributed by atoms with Gasteiger partial charge in [0.2, 0.25) is 5.91 Å². The van der Waals surface area contributed by atoms with E-state index in [-0.39, 0.29) is 11.8 Å². The number of hydrogen-bond donors (Lipinski definition) is 1. The zero-order valence-corrected chi connectivity index (χ0v) is 12.5. The first-order valence-electron chi connectivity index (χ1n) is 6.71. The summed E-state index contributed by atoms with van der Waals surface area (Å²) in [6, 6.07) is 7.22. The number of nitrogens with zero attached hydrogens (tertiary/aromatic N) is 1. The highest BCUT2D eigenvalue weighted by atomic mass is 32.2. The van der Waals surface area contributed by atoms with E-state index in [1.54, 1.807) is 0 Å². The SMILES string of the molecule is Cc1ccccc1SCC(=O)N1CCC(C)C1C(=O)O. The molecule has 0 aromatic heterocycles. The molecule has 0 saturated carbocycles. The summed E-state index contributed by atoms with van der Waals surface area (Å²) < 4.78 is 0. The average Bonchev–Trinajstić information content (AvgIpc) is 2.79. The second-order valence-electron chi connectivity index (χ2n) is 5.19. The maximum absolute atomic E-state index is 12.2. The summed E-state index contributed by atoms with van der Waals surface area (Å²) in [4.78, 5) is 26.1. The van der Waals surface area contributed by atoms with Crippen molar-refractivity contribution in [3.63, 3.8) is 0 Å². The largest absolute Gasteiger partial charge is 0.480 e. The molecule has 1 N–H and O–H groups in total. The Hall–Kier alpha value is -1.49. The van der Waals surface area contributed by atoms with Crippen LogP contribution in [0.3, 0.4) is 0 Å². The molecule has 2 rings (SSSR count). The molecule has 0 spiro atoms. The van der Waals surface area contributed by atoms with Crippen LogP contribution in [-0.4, -0.2) is 40.2 Å². The Bertz CT molecular complexity index is 518. The Kier molecular flexibility index (Phi) is 4.70. The van der Waals surface area contributed by atoms with Gasteiger partial charge >= 0.3 is 5.97 Å². The second kappa shape index (κ2) is 6.31. The molecule has 1 aromatic rings. The summed E-state index contributed by atoms with van der Waals surface area (Å²) in [5.41, 5.74) is 1.13. The summed E-state index contributed by atoms with van der Waals surface area (Å²) in [7, 11) is 0. The molecule has 1 aromatic carbocycles. The van der Waals surface area contributed by atoms with Crippen molar-refractivity contribution in [2.45, 2.75) is 31.2 Å². The molecule has 4 nitrogen and oxygen atoms in total. The molecule has 20 heavy (non-hydrogen) atoms. The lowest BCUT2D eigenvalue weighted by Gasteiger charge is -2.23. The van der Waals surface area contributed by atoms with Crippen LogP contribution in [-0.2, 0) is 9.59 Å². The number of amides is 1. The fraction of sp³-hybridized carbons (Fsp3) is 0.467. The van der Waals surface area contributed by atoms with E-state index in [4.69, 9.17) is 0 Å². The summed E-state index contributed by atoms with van der Waals surface area (Å²) >= 11 is 1.47. The molecule has 0 radical (unpaired) electrons. The number of likely N-dealkylation sites (tertiary alicyclic amines) is 1. The summed E-state index contributed by atoms with van der Waals surface area (Å²) in [5, 5.41) is 9.23. The Labute approximate surface area is 123 Å². The fourth-order valence-corrected chi connectivity index (χ4v) is 3.46. The lowest BCUT2D eigenvalue weighted by Crippen LogP contribution is -2.43. The molecule has 2 atom stereocenters. The van der Waals surface area contributed by atoms with Gasteiger partial charge in [-0.05, 0) is 30.9 Å². The summed E-state index contributed by atoms with van der Waals surface area (Å²) in [6.07, 6.45) is 0.762. The van der Waals surface area contributed by atoms with Gasteiger partial charge in [-0.3, -0.25) is 4.79 Å². The smallest absolute Gasteiger partial charge is 0.326 e. The highest BCUT2D eigenvalue weighted by Gasteiger charge is 2.39. The second-order valence-corrected chi connectivity index (χ2v) is 6.21. The lowest BCUT2D eigenvalue weighted by molar-refractivity contribution is -0.148. The third-order valence-electron chi connectivity index (χ3n) is 3.72. The van der Waals surface area contributed by atoms with Gasteiger partial charge in [-0.25, -0.2) is 4.79 Å². The van der Waals surface area contributed by atoms with Crippen LogP contribution in [0.5, 0.6) is 0 Å². The van der Waals surface area contributed by atoms with Gasteiger partial charge in [0.15, 0.2) is 0 Å². The van der Waals surface area contributed by atoms with Crippen molar-refractivity contribution >= 4 is 23.6 Å². The van der Waals surface area contributed by atoms with E-state index < -0.39 is 12.0 Å². The molecule has 1 aliphatic heterocycles. The normalized spacial score (nSPS) is 22.0. The van der Waals surface area contributed by atoms with Gasteiger partial charge in [-0.2, -0.15) is 0 Å². The van der Waals surface area contributed by atoms with E-state index >= 15 is 0 Å². The third kappa shape index (κ3) is 3.15. The summed E-state index contributed by atoms with van der Waals surface area (Å²) in [6.45, 7) is 4.44. The minimum Gasteiger partial charge on any atom is -0.480 e. The van der Waals surface area contributed by atoms with Gasteiger partial charge in [0, 0.05) is 11.4 Å². The number of carboxylic acids is 1. The molecule has 1 saturated heterocycles. The number of aliphatic carboxylic acids is 1. The fourth-order valence-electron chi connectivity index (χ4n) is 2.54. The van der Waals surface area contributed by atoms with Crippen LogP contribution in [0, 0.1) is 12.8 Å². The Morgan fingerprint density at radius 3 is 2.75 bits per heavy atom. The number of aryl methyl sites for hydroxylation is 1. The molecule has 1 heterocycles. The third-order valence-corrected chi connectivity index (χ3v) is 4.88. The number of carboxylic acid groups (broad SMARTS) is 1. The minimum absolute atomic E-state index is 0.0277. The monoisotopic (exact) mass is 293 g/mol. The number of rotatable bonds is 4. The Morgan fingerprint density at radius 2 is 2.10 bits per heavy atom. The number of thioether (sulfide) groups is 1. The summed E-state index contributed by atoms with van der Waals surface area (Å²) in [5.74, 6) is -0.666. The van der Waals surface area contributed by atoms with Gasteiger partial charge in [0.1, 0.15) is 6.04 Å². The number of hydrogen-bond acceptors (Lipinski definition) is 3. The van der Waals surface area contributed by atoms with Gasteiger partial charge in [0.05, 0.1) is 5.75 Å². The van der Waals surface area contributed by atoms with Crippen LogP contribution in [0.1, 0.15) is 18.9 Å². The maximum Gasteiger partial charge on any atom is 0.326 e. The van der Waals surface area contributed by atoms with Crippen molar-refractivity contribution in [3.05, 3.63) is 29.8 Å². The molecule has 5 heteroatoms. The predicted octanol–water partition coefficient (Wildman–Crippen LogP) is 2.41. The lowest BCUT2D eigenvalue weighted by atomic mass is 10.0. The molecule has 1 fully saturated rings. The van der Waals surface area contributed by atoms with Crippen LogP contribution >= 0.6 is 11.8 Å². The van der Waals surface area contributed by atoms with Gasteiger partial charge in [0.25, 0.3) is 0 Å². The van der Waals surface area contributed by atoms with Crippen molar-refractivity contribution in [1.82, 2.24) is 4.90 Å². The molecule has 0 aliphatic carbocycles. The quantitative estimate of drug-likeness (QED) is 0.866.